The molecule has 0 amide bonds. The quantitative estimate of drug-likeness (QED) is 0.0223. The van der Waals surface area contributed by atoms with Crippen molar-refractivity contribution in [2.75, 3.05) is 33.0 Å². The Morgan fingerprint density at radius 3 is 1.08 bits per heavy atom. The first kappa shape index (κ1) is 70.1. The van der Waals surface area contributed by atoms with E-state index in [9.17, 15) is 40.5 Å². The van der Waals surface area contributed by atoms with E-state index in [1.54, 1.807) is 0 Å². The normalized spacial score (nSPS) is 24.5. The lowest BCUT2D eigenvalue weighted by atomic mass is 9.98. The average molecular weight is 1080 g/mol. The maximum atomic E-state index is 13.1. The fraction of sp³-hybridized carbons (Fsp3) is 0.984. The number of hydrogen-bond acceptors (Lipinski definition) is 14. The van der Waals surface area contributed by atoms with Crippen molar-refractivity contribution in [1.82, 2.24) is 0 Å². The van der Waals surface area contributed by atoms with Crippen LogP contribution in [-0.4, -0.2) is 142 Å². The van der Waals surface area contributed by atoms with Crippen LogP contribution < -0.4 is 0 Å². The Morgan fingerprint density at radius 2 is 0.707 bits per heavy atom. The second-order valence-corrected chi connectivity index (χ2v) is 22.6. The number of hydrogen-bond donors (Lipinski definition) is 7. The third kappa shape index (κ3) is 35.4. The molecular formula is C61H118O14. The molecule has 7 N–H and O–H groups in total. The van der Waals surface area contributed by atoms with Gasteiger partial charge in [-0.15, -0.1) is 0 Å². The largest absolute Gasteiger partial charge is 0.457 e. The maximum Gasteiger partial charge on any atom is 0.306 e. The van der Waals surface area contributed by atoms with Crippen LogP contribution >= 0.6 is 0 Å². The van der Waals surface area contributed by atoms with Crippen LogP contribution in [-0.2, 0) is 33.2 Å². The van der Waals surface area contributed by atoms with E-state index in [-0.39, 0.29) is 25.6 Å². The van der Waals surface area contributed by atoms with Gasteiger partial charge in [0.15, 0.2) is 12.6 Å². The number of unbranched alkanes of at least 4 members (excludes halogenated alkanes) is 39. The van der Waals surface area contributed by atoms with Crippen LogP contribution in [0.15, 0.2) is 0 Å². The van der Waals surface area contributed by atoms with Crippen molar-refractivity contribution in [2.24, 2.45) is 0 Å². The molecule has 0 aromatic heterocycles. The highest BCUT2D eigenvalue weighted by atomic mass is 16.7. The number of aliphatic hydroxyl groups excluding tert-OH is 7. The van der Waals surface area contributed by atoms with Crippen molar-refractivity contribution in [3.8, 4) is 0 Å². The molecule has 0 saturated carbocycles. The number of carbonyl (C=O) groups excluding carboxylic acids is 1. The van der Waals surface area contributed by atoms with Crippen LogP contribution in [0, 0.1) is 0 Å². The summed E-state index contributed by atoms with van der Waals surface area (Å²) in [4.78, 5) is 13.1. The molecule has 14 nitrogen and oxygen atoms in total. The lowest BCUT2D eigenvalue weighted by Crippen LogP contribution is -2.61. The van der Waals surface area contributed by atoms with Crippen LogP contribution in [0.25, 0.3) is 0 Å². The topological polar surface area (TPSA) is 214 Å². The lowest BCUT2D eigenvalue weighted by molar-refractivity contribution is -0.332. The van der Waals surface area contributed by atoms with E-state index in [2.05, 4.69) is 13.8 Å². The first-order valence-corrected chi connectivity index (χ1v) is 31.6. The maximum absolute atomic E-state index is 13.1. The van der Waals surface area contributed by atoms with E-state index in [0.29, 0.717) is 6.61 Å². The van der Waals surface area contributed by atoms with Gasteiger partial charge in [0, 0.05) is 13.0 Å². The van der Waals surface area contributed by atoms with Gasteiger partial charge in [0.1, 0.15) is 54.9 Å². The molecule has 0 aliphatic carbocycles. The smallest absolute Gasteiger partial charge is 0.306 e. The molecule has 75 heavy (non-hydrogen) atoms. The summed E-state index contributed by atoms with van der Waals surface area (Å²) in [5, 5.41) is 72.4. The Kier molecular flexibility index (Phi) is 45.7. The number of ether oxygens (including phenoxy) is 6. The Bertz CT molecular complexity index is 1250. The second-order valence-electron chi connectivity index (χ2n) is 22.6. The minimum absolute atomic E-state index is 0.0712. The first-order chi connectivity index (χ1) is 36.6. The van der Waals surface area contributed by atoms with Gasteiger partial charge in [-0.25, -0.2) is 0 Å². The summed E-state index contributed by atoms with van der Waals surface area (Å²) in [6, 6.07) is 0. The number of carbonyl (C=O) groups is 1. The van der Waals surface area contributed by atoms with Gasteiger partial charge >= 0.3 is 5.97 Å². The van der Waals surface area contributed by atoms with Crippen molar-refractivity contribution >= 4 is 5.97 Å². The van der Waals surface area contributed by atoms with Crippen LogP contribution in [0.3, 0.4) is 0 Å². The van der Waals surface area contributed by atoms with Gasteiger partial charge in [0.25, 0.3) is 0 Å². The number of aliphatic hydroxyl groups is 7. The molecule has 0 bridgehead atoms. The van der Waals surface area contributed by atoms with E-state index in [1.165, 1.54) is 218 Å². The highest BCUT2D eigenvalue weighted by Crippen LogP contribution is 2.27. The van der Waals surface area contributed by atoms with Crippen molar-refractivity contribution in [1.29, 1.82) is 0 Å². The standard InChI is InChI=1S/C61H118O14/c1-3-5-7-9-11-13-15-17-19-21-22-23-24-25-26-27-28-29-31-33-35-37-39-41-43-45-70-47-50(73-53(63)44-42-40-38-36-34-32-30-20-18-16-14-12-10-8-6-4-2)48-71-60-59(69)57(67)55(65)52(75-60)49-72-61-58(68)56(66)54(64)51(46-62)74-61/h50-52,54-62,64-69H,3-49H2,1-2H3. The Labute approximate surface area is 457 Å². The molecule has 14 heteroatoms. The minimum Gasteiger partial charge on any atom is -0.457 e. The molecule has 2 saturated heterocycles. The average Bonchev–Trinajstić information content (AvgIpc) is 3.41. The first-order valence-electron chi connectivity index (χ1n) is 31.6. The zero-order valence-electron chi connectivity index (χ0n) is 48.1. The summed E-state index contributed by atoms with van der Waals surface area (Å²) in [7, 11) is 0. The molecule has 0 aromatic carbocycles. The monoisotopic (exact) mass is 1070 g/mol. The van der Waals surface area contributed by atoms with E-state index in [1.807, 2.05) is 0 Å². The van der Waals surface area contributed by atoms with Gasteiger partial charge in [-0.05, 0) is 12.8 Å². The van der Waals surface area contributed by atoms with Crippen molar-refractivity contribution < 1.29 is 69.0 Å². The molecular weight excluding hydrogens is 957 g/mol. The Morgan fingerprint density at radius 1 is 0.387 bits per heavy atom. The predicted octanol–water partition coefficient (Wildman–Crippen LogP) is 12.0. The lowest BCUT2D eigenvalue weighted by Gasteiger charge is -2.42. The summed E-state index contributed by atoms with van der Waals surface area (Å²) >= 11 is 0. The summed E-state index contributed by atoms with van der Waals surface area (Å²) in [6.07, 6.45) is 37.5. The van der Waals surface area contributed by atoms with Gasteiger partial charge in [0.05, 0.1) is 26.4 Å². The molecule has 0 radical (unpaired) electrons. The molecule has 2 aliphatic heterocycles. The fourth-order valence-corrected chi connectivity index (χ4v) is 10.5. The number of rotatable bonds is 53. The molecule has 11 atom stereocenters. The van der Waals surface area contributed by atoms with Crippen LogP contribution in [0.4, 0.5) is 0 Å². The zero-order valence-corrected chi connectivity index (χ0v) is 48.1. The number of esters is 1. The fourth-order valence-electron chi connectivity index (χ4n) is 10.5. The SMILES string of the molecule is CCCCCCCCCCCCCCCCCCCCCCCCCCCOCC(COC1OC(COC2OC(CO)C(O)C(O)C2O)C(O)C(O)C1O)OC(=O)CCCCCCCCCCCCCCCCCC. The molecule has 0 spiro atoms. The minimum atomic E-state index is -1.70. The van der Waals surface area contributed by atoms with E-state index in [0.717, 1.165) is 44.9 Å². The van der Waals surface area contributed by atoms with Gasteiger partial charge in [-0.1, -0.05) is 264 Å². The third-order valence-corrected chi connectivity index (χ3v) is 15.6. The second kappa shape index (κ2) is 48.9. The predicted molar refractivity (Wildman–Crippen MR) is 298 cm³/mol. The zero-order chi connectivity index (χ0) is 54.4. The van der Waals surface area contributed by atoms with E-state index < -0.39 is 80.7 Å². The van der Waals surface area contributed by atoms with Crippen molar-refractivity contribution in [2.45, 2.75) is 351 Å². The summed E-state index contributed by atoms with van der Waals surface area (Å²) in [5.41, 5.74) is 0. The van der Waals surface area contributed by atoms with Crippen LogP contribution in [0.1, 0.15) is 284 Å². The molecule has 446 valence electrons. The van der Waals surface area contributed by atoms with Crippen LogP contribution in [0.2, 0.25) is 0 Å². The van der Waals surface area contributed by atoms with Gasteiger partial charge in [-0.2, -0.15) is 0 Å². The van der Waals surface area contributed by atoms with Gasteiger partial charge < -0.3 is 64.2 Å². The van der Waals surface area contributed by atoms with E-state index >= 15 is 0 Å². The summed E-state index contributed by atoms with van der Waals surface area (Å²) in [6.45, 7) is 3.77. The molecule has 2 rings (SSSR count). The molecule has 2 heterocycles. The van der Waals surface area contributed by atoms with Crippen molar-refractivity contribution in [3.05, 3.63) is 0 Å². The van der Waals surface area contributed by atoms with Crippen molar-refractivity contribution in [3.63, 3.8) is 0 Å². The molecule has 0 aromatic rings. The van der Waals surface area contributed by atoms with Crippen LogP contribution in [0.5, 0.6) is 0 Å². The summed E-state index contributed by atoms with van der Waals surface area (Å²) in [5.74, 6) is -0.367. The van der Waals surface area contributed by atoms with E-state index in [4.69, 9.17) is 28.4 Å². The Balaban J connectivity index is 1.65. The molecule has 2 fully saturated rings. The summed E-state index contributed by atoms with van der Waals surface area (Å²) < 4.78 is 34.5. The Hall–Kier alpha value is -1.01. The molecule has 11 unspecified atom stereocenters. The third-order valence-electron chi connectivity index (χ3n) is 15.6. The highest BCUT2D eigenvalue weighted by Gasteiger charge is 2.47. The highest BCUT2D eigenvalue weighted by molar-refractivity contribution is 5.69. The molecule has 2 aliphatic rings. The van der Waals surface area contributed by atoms with Gasteiger partial charge in [-0.3, -0.25) is 4.79 Å². The van der Waals surface area contributed by atoms with Gasteiger partial charge in [0.2, 0.25) is 0 Å².